The summed E-state index contributed by atoms with van der Waals surface area (Å²) >= 11 is 3.55. The van der Waals surface area contributed by atoms with Gasteiger partial charge in [0.1, 0.15) is 11.1 Å². The molecule has 94 valence electrons. The topological polar surface area (TPSA) is 9.23 Å². The van der Waals surface area contributed by atoms with E-state index in [9.17, 15) is 0 Å². The molecule has 0 aromatic heterocycles. The van der Waals surface area contributed by atoms with Crippen molar-refractivity contribution in [2.75, 3.05) is 0 Å². The van der Waals surface area contributed by atoms with Crippen molar-refractivity contribution >= 4 is 15.9 Å². The highest BCUT2D eigenvalue weighted by Gasteiger charge is 2.17. The molecule has 2 aromatic carbocycles. The van der Waals surface area contributed by atoms with E-state index in [-0.39, 0.29) is 11.1 Å². The lowest BCUT2D eigenvalue weighted by Crippen LogP contribution is -2.11. The van der Waals surface area contributed by atoms with Gasteiger partial charge in [0.05, 0.1) is 0 Å². The quantitative estimate of drug-likeness (QED) is 0.712. The predicted molar refractivity (Wildman–Crippen MR) is 78.8 cm³/mol. The Morgan fingerprint density at radius 3 is 1.72 bits per heavy atom. The van der Waals surface area contributed by atoms with Gasteiger partial charge in [0.15, 0.2) is 0 Å². The van der Waals surface area contributed by atoms with Crippen molar-refractivity contribution in [3.05, 3.63) is 71.8 Å². The monoisotopic (exact) mass is 304 g/mol. The van der Waals surface area contributed by atoms with Gasteiger partial charge in [-0.3, -0.25) is 0 Å². The predicted octanol–water partition coefficient (Wildman–Crippen LogP) is 4.92. The second-order valence-electron chi connectivity index (χ2n) is 4.16. The van der Waals surface area contributed by atoms with Crippen molar-refractivity contribution in [1.29, 1.82) is 0 Å². The normalized spacial score (nSPS) is 12.6. The zero-order chi connectivity index (χ0) is 12.8. The second-order valence-corrected chi connectivity index (χ2v) is 5.18. The Morgan fingerprint density at radius 1 is 0.889 bits per heavy atom. The molecule has 2 aromatic rings. The van der Waals surface area contributed by atoms with Gasteiger partial charge in [-0.1, -0.05) is 83.5 Å². The molecule has 0 spiro atoms. The first kappa shape index (κ1) is 13.3. The zero-order valence-electron chi connectivity index (χ0n) is 10.4. The Morgan fingerprint density at radius 2 is 1.33 bits per heavy atom. The molecule has 1 unspecified atom stereocenters. The minimum absolute atomic E-state index is 0.0169. The van der Waals surface area contributed by atoms with Gasteiger partial charge < -0.3 is 4.74 Å². The maximum atomic E-state index is 6.09. The summed E-state index contributed by atoms with van der Waals surface area (Å²) < 4.78 is 6.09. The van der Waals surface area contributed by atoms with E-state index in [1.807, 2.05) is 36.4 Å². The van der Waals surface area contributed by atoms with Crippen LogP contribution in [0.3, 0.4) is 0 Å². The average Bonchev–Trinajstić information content (AvgIpc) is 2.46. The molecule has 0 saturated heterocycles. The summed E-state index contributed by atoms with van der Waals surface area (Å²) in [6, 6.07) is 20.6. The molecular formula is C16H17BrO. The van der Waals surface area contributed by atoms with Crippen molar-refractivity contribution < 1.29 is 4.74 Å². The molecule has 0 aliphatic rings. The van der Waals surface area contributed by atoms with Crippen LogP contribution in [-0.2, 0) is 4.74 Å². The molecule has 18 heavy (non-hydrogen) atoms. The summed E-state index contributed by atoms with van der Waals surface area (Å²) in [5, 5.41) is 0.0721. The van der Waals surface area contributed by atoms with Crippen LogP contribution in [0.25, 0.3) is 0 Å². The lowest BCUT2D eigenvalue weighted by Gasteiger charge is -2.21. The van der Waals surface area contributed by atoms with Crippen LogP contribution in [0.1, 0.15) is 30.6 Å². The third-order valence-electron chi connectivity index (χ3n) is 2.81. The molecule has 0 aliphatic heterocycles. The van der Waals surface area contributed by atoms with Crippen molar-refractivity contribution in [2.45, 2.75) is 24.5 Å². The number of halogens is 1. The number of hydrogen-bond donors (Lipinski definition) is 0. The SMILES string of the molecule is CCC(Br)OC(c1ccccc1)c1ccccc1. The fourth-order valence-corrected chi connectivity index (χ4v) is 2.06. The Kier molecular flexibility index (Phi) is 4.97. The van der Waals surface area contributed by atoms with Gasteiger partial charge >= 0.3 is 0 Å². The summed E-state index contributed by atoms with van der Waals surface area (Å²) in [6.07, 6.45) is 0.924. The Hall–Kier alpha value is -1.12. The number of rotatable bonds is 5. The molecule has 2 heteroatoms. The standard InChI is InChI=1S/C16H17BrO/c1-2-15(17)18-16(13-9-5-3-6-10-13)14-11-7-4-8-12-14/h3-12,15-16H,2H2,1H3. The van der Waals surface area contributed by atoms with E-state index in [0.29, 0.717) is 0 Å². The van der Waals surface area contributed by atoms with Gasteiger partial charge in [-0.05, 0) is 17.5 Å². The molecule has 1 nitrogen and oxygen atoms in total. The number of alkyl halides is 1. The van der Waals surface area contributed by atoms with Gasteiger partial charge in [-0.15, -0.1) is 0 Å². The first-order valence-electron chi connectivity index (χ1n) is 6.20. The van der Waals surface area contributed by atoms with Crippen LogP contribution in [0.5, 0.6) is 0 Å². The van der Waals surface area contributed by atoms with Crippen LogP contribution in [0.4, 0.5) is 0 Å². The second kappa shape index (κ2) is 6.72. The summed E-state index contributed by atoms with van der Waals surface area (Å²) in [5.41, 5.74) is 2.36. The van der Waals surface area contributed by atoms with Gasteiger partial charge in [-0.25, -0.2) is 0 Å². The van der Waals surface area contributed by atoms with Crippen molar-refractivity contribution in [3.63, 3.8) is 0 Å². The summed E-state index contributed by atoms with van der Waals surface area (Å²) in [5.74, 6) is 0. The van der Waals surface area contributed by atoms with Crippen LogP contribution in [0, 0.1) is 0 Å². The van der Waals surface area contributed by atoms with E-state index in [0.717, 1.165) is 6.42 Å². The smallest absolute Gasteiger partial charge is 0.113 e. The van der Waals surface area contributed by atoms with Gasteiger partial charge in [0.2, 0.25) is 0 Å². The molecule has 1 atom stereocenters. The largest absolute Gasteiger partial charge is 0.354 e. The van der Waals surface area contributed by atoms with Crippen LogP contribution >= 0.6 is 15.9 Å². The molecule has 0 amide bonds. The van der Waals surface area contributed by atoms with Gasteiger partial charge in [-0.2, -0.15) is 0 Å². The maximum Gasteiger partial charge on any atom is 0.113 e. The molecule has 2 rings (SSSR count). The first-order valence-corrected chi connectivity index (χ1v) is 7.12. The van der Waals surface area contributed by atoms with Crippen molar-refractivity contribution in [1.82, 2.24) is 0 Å². The van der Waals surface area contributed by atoms with Gasteiger partial charge in [0.25, 0.3) is 0 Å². The van der Waals surface area contributed by atoms with Crippen LogP contribution in [-0.4, -0.2) is 5.01 Å². The lowest BCUT2D eigenvalue weighted by molar-refractivity contribution is 0.0626. The summed E-state index contributed by atoms with van der Waals surface area (Å²) in [7, 11) is 0. The minimum atomic E-state index is -0.0169. The Balaban J connectivity index is 2.29. The van der Waals surface area contributed by atoms with E-state index in [1.165, 1.54) is 11.1 Å². The molecule has 0 radical (unpaired) electrons. The number of benzene rings is 2. The fraction of sp³-hybridized carbons (Fsp3) is 0.250. The zero-order valence-corrected chi connectivity index (χ0v) is 12.0. The molecule has 0 fully saturated rings. The fourth-order valence-electron chi connectivity index (χ4n) is 1.85. The third kappa shape index (κ3) is 3.44. The van der Waals surface area contributed by atoms with Crippen molar-refractivity contribution in [3.8, 4) is 0 Å². The van der Waals surface area contributed by atoms with Crippen LogP contribution < -0.4 is 0 Å². The summed E-state index contributed by atoms with van der Waals surface area (Å²) in [4.78, 5) is 0. The minimum Gasteiger partial charge on any atom is -0.354 e. The number of hydrogen-bond acceptors (Lipinski definition) is 1. The third-order valence-corrected chi connectivity index (χ3v) is 3.67. The van der Waals surface area contributed by atoms with E-state index in [2.05, 4.69) is 47.1 Å². The lowest BCUT2D eigenvalue weighted by atomic mass is 10.0. The molecular weight excluding hydrogens is 288 g/mol. The average molecular weight is 305 g/mol. The van der Waals surface area contributed by atoms with E-state index < -0.39 is 0 Å². The van der Waals surface area contributed by atoms with Gasteiger partial charge in [0, 0.05) is 0 Å². The highest BCUT2D eigenvalue weighted by atomic mass is 79.9. The van der Waals surface area contributed by atoms with Crippen LogP contribution in [0.2, 0.25) is 0 Å². The van der Waals surface area contributed by atoms with E-state index in [4.69, 9.17) is 4.74 Å². The molecule has 0 aliphatic carbocycles. The highest BCUT2D eigenvalue weighted by molar-refractivity contribution is 9.09. The highest BCUT2D eigenvalue weighted by Crippen LogP contribution is 2.29. The number of ether oxygens (including phenoxy) is 1. The molecule has 0 saturated carbocycles. The molecule has 0 N–H and O–H groups in total. The maximum absolute atomic E-state index is 6.09. The molecule has 0 heterocycles. The van der Waals surface area contributed by atoms with E-state index in [1.54, 1.807) is 0 Å². The Labute approximate surface area is 117 Å². The Bertz CT molecular complexity index is 416. The first-order chi connectivity index (χ1) is 8.81. The van der Waals surface area contributed by atoms with Crippen molar-refractivity contribution in [2.24, 2.45) is 0 Å². The molecule has 0 bridgehead atoms. The van der Waals surface area contributed by atoms with E-state index >= 15 is 0 Å². The summed E-state index contributed by atoms with van der Waals surface area (Å²) in [6.45, 7) is 2.10. The van der Waals surface area contributed by atoms with Crippen LogP contribution in [0.15, 0.2) is 60.7 Å².